The number of nitrogens with zero attached hydrogens (tertiary/aromatic N) is 1. The Hall–Kier alpha value is -1.27. The van der Waals surface area contributed by atoms with Gasteiger partial charge in [-0.15, -0.1) is 0 Å². The van der Waals surface area contributed by atoms with Crippen LogP contribution in [0, 0.1) is 5.92 Å². The van der Waals surface area contributed by atoms with Gasteiger partial charge in [0.05, 0.1) is 0 Å². The third kappa shape index (κ3) is 3.49. The molecule has 3 atom stereocenters. The molecule has 0 aromatic rings. The first-order valence-electron chi connectivity index (χ1n) is 7.10. The fourth-order valence-corrected chi connectivity index (χ4v) is 3.10. The van der Waals surface area contributed by atoms with Gasteiger partial charge in [0.15, 0.2) is 0 Å². The molecule has 0 radical (unpaired) electrons. The number of carbonyl (C=O) groups is 2. The number of carbonyl (C=O) groups excluding carboxylic acids is 2. The summed E-state index contributed by atoms with van der Waals surface area (Å²) in [5.74, 6) is -2.78. The quantitative estimate of drug-likeness (QED) is 0.690. The summed E-state index contributed by atoms with van der Waals surface area (Å²) >= 11 is 0. The van der Waals surface area contributed by atoms with Gasteiger partial charge in [-0.2, -0.15) is 13.2 Å². The average Bonchev–Trinajstić information content (AvgIpc) is 2.55. The number of Topliss-reactive ketones (excluding diaryl/α,β-unsaturated/α-hetero) is 1. The van der Waals surface area contributed by atoms with Crippen LogP contribution in [0.2, 0.25) is 0 Å². The van der Waals surface area contributed by atoms with E-state index in [-0.39, 0.29) is 12.8 Å². The Morgan fingerprint density at radius 2 is 1.76 bits per heavy atom. The lowest BCUT2D eigenvalue weighted by atomic mass is 9.89. The number of amides is 1. The number of rotatable bonds is 0. The third-order valence-electron chi connectivity index (χ3n) is 3.95. The maximum Gasteiger partial charge on any atom is 0.410 e. The number of ketones is 1. The number of halogens is 3. The van der Waals surface area contributed by atoms with Gasteiger partial charge in [-0.1, -0.05) is 0 Å². The van der Waals surface area contributed by atoms with Gasteiger partial charge in [0.25, 0.3) is 0 Å². The zero-order valence-electron chi connectivity index (χ0n) is 12.4. The van der Waals surface area contributed by atoms with Crippen molar-refractivity contribution >= 4 is 11.9 Å². The minimum absolute atomic E-state index is 0.236. The zero-order valence-corrected chi connectivity index (χ0v) is 12.4. The lowest BCUT2D eigenvalue weighted by molar-refractivity contribution is -0.183. The van der Waals surface area contributed by atoms with E-state index < -0.39 is 41.7 Å². The Bertz CT molecular complexity index is 442. The largest absolute Gasteiger partial charge is 0.444 e. The number of alkyl halides is 3. The van der Waals surface area contributed by atoms with Crippen molar-refractivity contribution in [3.63, 3.8) is 0 Å². The van der Waals surface area contributed by atoms with Crippen molar-refractivity contribution in [2.75, 3.05) is 0 Å². The number of fused-ring (bicyclic) bond motifs is 2. The van der Waals surface area contributed by atoms with Crippen molar-refractivity contribution in [1.29, 1.82) is 0 Å². The van der Waals surface area contributed by atoms with Gasteiger partial charge >= 0.3 is 12.3 Å². The highest BCUT2D eigenvalue weighted by Gasteiger charge is 2.52. The molecule has 2 rings (SSSR count). The van der Waals surface area contributed by atoms with Crippen molar-refractivity contribution < 1.29 is 27.5 Å². The molecule has 4 nitrogen and oxygen atoms in total. The van der Waals surface area contributed by atoms with Crippen molar-refractivity contribution in [2.45, 2.75) is 70.3 Å². The molecule has 0 saturated carbocycles. The molecule has 21 heavy (non-hydrogen) atoms. The van der Waals surface area contributed by atoms with Crippen LogP contribution in [0.4, 0.5) is 18.0 Å². The highest BCUT2D eigenvalue weighted by molar-refractivity contribution is 5.84. The molecule has 0 aliphatic carbocycles. The number of hydrogen-bond donors (Lipinski definition) is 0. The van der Waals surface area contributed by atoms with Crippen molar-refractivity contribution in [3.8, 4) is 0 Å². The summed E-state index contributed by atoms with van der Waals surface area (Å²) in [6, 6.07) is -1.03. The summed E-state index contributed by atoms with van der Waals surface area (Å²) in [6.07, 6.45) is -4.70. The van der Waals surface area contributed by atoms with Crippen LogP contribution in [0.15, 0.2) is 0 Å². The molecule has 3 unspecified atom stereocenters. The van der Waals surface area contributed by atoms with Crippen molar-refractivity contribution in [3.05, 3.63) is 0 Å². The monoisotopic (exact) mass is 307 g/mol. The molecule has 2 aliphatic heterocycles. The normalized spacial score (nSPS) is 30.3. The Morgan fingerprint density at radius 3 is 2.29 bits per heavy atom. The minimum atomic E-state index is -4.54. The molecule has 2 bridgehead atoms. The lowest BCUT2D eigenvalue weighted by Crippen LogP contribution is -2.43. The van der Waals surface area contributed by atoms with E-state index in [4.69, 9.17) is 4.74 Å². The highest BCUT2D eigenvalue weighted by atomic mass is 19.4. The number of ether oxygens (including phenoxy) is 1. The fourth-order valence-electron chi connectivity index (χ4n) is 3.10. The summed E-state index contributed by atoms with van der Waals surface area (Å²) in [7, 11) is 0. The van der Waals surface area contributed by atoms with E-state index in [0.29, 0.717) is 12.8 Å². The van der Waals surface area contributed by atoms with E-state index in [1.54, 1.807) is 20.8 Å². The van der Waals surface area contributed by atoms with Crippen LogP contribution in [0.1, 0.15) is 46.5 Å². The molecule has 2 heterocycles. The maximum absolute atomic E-state index is 12.9. The maximum atomic E-state index is 12.9. The van der Waals surface area contributed by atoms with Crippen LogP contribution in [0.25, 0.3) is 0 Å². The Labute approximate surface area is 121 Å². The average molecular weight is 307 g/mol. The zero-order chi connectivity index (χ0) is 16.0. The lowest BCUT2D eigenvalue weighted by Gasteiger charge is -2.31. The predicted octanol–water partition coefficient (Wildman–Crippen LogP) is 3.30. The van der Waals surface area contributed by atoms with Crippen molar-refractivity contribution in [2.24, 2.45) is 5.92 Å². The smallest absolute Gasteiger partial charge is 0.410 e. The summed E-state index contributed by atoms with van der Waals surface area (Å²) < 4.78 is 44.1. The fraction of sp³-hybridized carbons (Fsp3) is 0.857. The van der Waals surface area contributed by atoms with Gasteiger partial charge in [0.2, 0.25) is 0 Å². The van der Waals surface area contributed by atoms with E-state index >= 15 is 0 Å². The van der Waals surface area contributed by atoms with Crippen LogP contribution in [-0.2, 0) is 9.53 Å². The molecule has 2 aliphatic rings. The summed E-state index contributed by atoms with van der Waals surface area (Å²) in [5, 5.41) is 0. The molecule has 0 aromatic carbocycles. The van der Waals surface area contributed by atoms with Gasteiger partial charge in [-0.3, -0.25) is 4.79 Å². The predicted molar refractivity (Wildman–Crippen MR) is 68.7 cm³/mol. The van der Waals surface area contributed by atoms with Crippen LogP contribution < -0.4 is 0 Å². The molecule has 2 fully saturated rings. The number of hydrogen-bond acceptors (Lipinski definition) is 3. The van der Waals surface area contributed by atoms with Gasteiger partial charge in [-0.25, -0.2) is 4.79 Å². The second-order valence-corrected chi connectivity index (χ2v) is 6.77. The van der Waals surface area contributed by atoms with Crippen LogP contribution in [0.3, 0.4) is 0 Å². The molecule has 7 heteroatoms. The topological polar surface area (TPSA) is 46.6 Å². The minimum Gasteiger partial charge on any atom is -0.444 e. The first-order valence-corrected chi connectivity index (χ1v) is 7.10. The molecule has 0 aromatic heterocycles. The summed E-state index contributed by atoms with van der Waals surface area (Å²) in [4.78, 5) is 25.4. The first kappa shape index (κ1) is 16.1. The van der Waals surface area contributed by atoms with Crippen LogP contribution in [-0.4, -0.2) is 40.6 Å². The molecule has 1 amide bonds. The van der Waals surface area contributed by atoms with Crippen LogP contribution in [0.5, 0.6) is 0 Å². The molecule has 120 valence electrons. The molecular formula is C14H20F3NO3. The molecule has 2 saturated heterocycles. The Balaban J connectivity index is 2.19. The Kier molecular flexibility index (Phi) is 3.97. The molecular weight excluding hydrogens is 287 g/mol. The van der Waals surface area contributed by atoms with Gasteiger partial charge < -0.3 is 9.64 Å². The second kappa shape index (κ2) is 5.18. The van der Waals surface area contributed by atoms with E-state index in [1.165, 1.54) is 4.90 Å². The SMILES string of the molecule is CC(C)(C)OC(=O)N1C2CCC1CC(C(F)(F)F)C(=O)C2. The third-order valence-corrected chi connectivity index (χ3v) is 3.95. The first-order chi connectivity index (χ1) is 9.49. The standard InChI is InChI=1S/C14H20F3NO3/c1-13(2,3)21-12(20)18-8-4-5-9(18)7-11(19)10(6-8)14(15,16)17/h8-10H,4-7H2,1-3H3. The summed E-state index contributed by atoms with van der Waals surface area (Å²) in [6.45, 7) is 5.11. The molecule has 0 N–H and O–H groups in total. The second-order valence-electron chi connectivity index (χ2n) is 6.77. The van der Waals surface area contributed by atoms with E-state index in [2.05, 4.69) is 0 Å². The van der Waals surface area contributed by atoms with E-state index in [1.807, 2.05) is 0 Å². The Morgan fingerprint density at radius 1 is 1.19 bits per heavy atom. The molecule has 0 spiro atoms. The van der Waals surface area contributed by atoms with Gasteiger partial charge in [0, 0.05) is 18.5 Å². The van der Waals surface area contributed by atoms with Gasteiger partial charge in [0.1, 0.15) is 17.3 Å². The highest BCUT2D eigenvalue weighted by Crippen LogP contribution is 2.41. The summed E-state index contributed by atoms with van der Waals surface area (Å²) in [5.41, 5.74) is -0.712. The van der Waals surface area contributed by atoms with Crippen molar-refractivity contribution in [1.82, 2.24) is 4.90 Å². The van der Waals surface area contributed by atoms with E-state index in [0.717, 1.165) is 0 Å². The van der Waals surface area contributed by atoms with E-state index in [9.17, 15) is 22.8 Å². The van der Waals surface area contributed by atoms with Crippen LogP contribution >= 0.6 is 0 Å². The van der Waals surface area contributed by atoms with Gasteiger partial charge in [-0.05, 0) is 40.0 Å².